The van der Waals surface area contributed by atoms with Gasteiger partial charge in [0.05, 0.1) is 11.3 Å². The lowest BCUT2D eigenvalue weighted by atomic mass is 10.1. The highest BCUT2D eigenvalue weighted by Gasteiger charge is 2.15. The number of nitrogens with zero attached hydrogens (tertiary/aromatic N) is 1. The Balaban J connectivity index is 3.16. The van der Waals surface area contributed by atoms with Crippen LogP contribution in [0.25, 0.3) is 0 Å². The standard InChI is InChI=1S/C13H16ClNO2/c1-3-7-15(8-4-2)12-6-5-10(14)9-11(12)13(16)17/h3,5-6,9H,1,4,7-8H2,2H3,(H,16,17). The Morgan fingerprint density at radius 2 is 2.29 bits per heavy atom. The van der Waals surface area contributed by atoms with Crippen molar-refractivity contribution >= 4 is 23.3 Å². The van der Waals surface area contributed by atoms with Gasteiger partial charge in [0, 0.05) is 18.1 Å². The van der Waals surface area contributed by atoms with E-state index in [-0.39, 0.29) is 5.56 Å². The van der Waals surface area contributed by atoms with Gasteiger partial charge in [-0.2, -0.15) is 0 Å². The van der Waals surface area contributed by atoms with Crippen molar-refractivity contribution in [1.82, 2.24) is 0 Å². The zero-order valence-electron chi connectivity index (χ0n) is 9.82. The van der Waals surface area contributed by atoms with Crippen LogP contribution in [0.5, 0.6) is 0 Å². The van der Waals surface area contributed by atoms with E-state index in [2.05, 4.69) is 6.58 Å². The van der Waals surface area contributed by atoms with Crippen molar-refractivity contribution in [3.05, 3.63) is 41.4 Å². The van der Waals surface area contributed by atoms with Crippen molar-refractivity contribution in [1.29, 1.82) is 0 Å². The average molecular weight is 254 g/mol. The summed E-state index contributed by atoms with van der Waals surface area (Å²) in [6, 6.07) is 4.92. The highest BCUT2D eigenvalue weighted by molar-refractivity contribution is 6.31. The molecule has 0 saturated heterocycles. The fraction of sp³-hybridized carbons (Fsp3) is 0.308. The summed E-state index contributed by atoms with van der Waals surface area (Å²) in [5.41, 5.74) is 0.913. The first-order chi connectivity index (χ1) is 8.10. The Labute approximate surface area is 106 Å². The number of benzene rings is 1. The smallest absolute Gasteiger partial charge is 0.337 e. The van der Waals surface area contributed by atoms with Crippen LogP contribution in [0.3, 0.4) is 0 Å². The zero-order chi connectivity index (χ0) is 12.8. The number of carboxylic acid groups (broad SMARTS) is 1. The molecular formula is C13H16ClNO2. The second kappa shape index (κ2) is 6.30. The summed E-state index contributed by atoms with van der Waals surface area (Å²) in [7, 11) is 0. The van der Waals surface area contributed by atoms with Gasteiger partial charge in [-0.05, 0) is 24.6 Å². The van der Waals surface area contributed by atoms with E-state index in [1.165, 1.54) is 6.07 Å². The molecule has 0 spiro atoms. The molecule has 1 aromatic carbocycles. The molecule has 0 aliphatic rings. The third kappa shape index (κ3) is 3.49. The van der Waals surface area contributed by atoms with E-state index in [1.807, 2.05) is 11.8 Å². The molecule has 1 rings (SSSR count). The maximum atomic E-state index is 11.2. The molecule has 0 unspecified atom stereocenters. The van der Waals surface area contributed by atoms with Crippen LogP contribution >= 0.6 is 11.6 Å². The molecule has 0 aliphatic carbocycles. The van der Waals surface area contributed by atoms with E-state index in [0.717, 1.165) is 13.0 Å². The van der Waals surface area contributed by atoms with Gasteiger partial charge in [0.25, 0.3) is 0 Å². The average Bonchev–Trinajstić information content (AvgIpc) is 2.28. The van der Waals surface area contributed by atoms with E-state index in [0.29, 0.717) is 17.3 Å². The van der Waals surface area contributed by atoms with E-state index in [1.54, 1.807) is 18.2 Å². The summed E-state index contributed by atoms with van der Waals surface area (Å²) in [4.78, 5) is 13.2. The van der Waals surface area contributed by atoms with E-state index < -0.39 is 5.97 Å². The quantitative estimate of drug-likeness (QED) is 0.790. The predicted molar refractivity (Wildman–Crippen MR) is 71.1 cm³/mol. The third-order valence-electron chi connectivity index (χ3n) is 2.37. The Morgan fingerprint density at radius 1 is 1.59 bits per heavy atom. The van der Waals surface area contributed by atoms with Gasteiger partial charge in [0.2, 0.25) is 0 Å². The molecule has 1 N–H and O–H groups in total. The number of rotatable bonds is 6. The van der Waals surface area contributed by atoms with Crippen molar-refractivity contribution in [3.8, 4) is 0 Å². The minimum atomic E-state index is -0.965. The number of halogens is 1. The SMILES string of the molecule is C=CCN(CCC)c1ccc(Cl)cc1C(=O)O. The van der Waals surface area contributed by atoms with Crippen molar-refractivity contribution in [2.24, 2.45) is 0 Å². The van der Waals surface area contributed by atoms with Crippen molar-refractivity contribution < 1.29 is 9.90 Å². The van der Waals surface area contributed by atoms with Gasteiger partial charge in [-0.1, -0.05) is 24.6 Å². The Morgan fingerprint density at radius 3 is 2.82 bits per heavy atom. The first-order valence-electron chi connectivity index (χ1n) is 5.48. The van der Waals surface area contributed by atoms with E-state index in [4.69, 9.17) is 16.7 Å². The van der Waals surface area contributed by atoms with E-state index in [9.17, 15) is 4.79 Å². The van der Waals surface area contributed by atoms with E-state index >= 15 is 0 Å². The highest BCUT2D eigenvalue weighted by Crippen LogP contribution is 2.24. The largest absolute Gasteiger partial charge is 0.478 e. The van der Waals surface area contributed by atoms with Crippen LogP contribution in [0.4, 0.5) is 5.69 Å². The summed E-state index contributed by atoms with van der Waals surface area (Å²) < 4.78 is 0. The molecule has 1 aromatic rings. The molecule has 0 saturated carbocycles. The van der Waals surface area contributed by atoms with Gasteiger partial charge in [0.1, 0.15) is 0 Å². The number of anilines is 1. The summed E-state index contributed by atoms with van der Waals surface area (Å²) in [5.74, 6) is -0.965. The lowest BCUT2D eigenvalue weighted by molar-refractivity contribution is 0.0697. The lowest BCUT2D eigenvalue weighted by Gasteiger charge is -2.24. The first kappa shape index (κ1) is 13.6. The van der Waals surface area contributed by atoms with Gasteiger partial charge in [-0.3, -0.25) is 0 Å². The molecule has 0 fully saturated rings. The molecule has 0 radical (unpaired) electrons. The first-order valence-corrected chi connectivity index (χ1v) is 5.86. The Hall–Kier alpha value is -1.48. The maximum absolute atomic E-state index is 11.2. The fourth-order valence-corrected chi connectivity index (χ4v) is 1.86. The molecule has 0 aliphatic heterocycles. The molecule has 17 heavy (non-hydrogen) atoms. The maximum Gasteiger partial charge on any atom is 0.337 e. The zero-order valence-corrected chi connectivity index (χ0v) is 10.6. The molecular weight excluding hydrogens is 238 g/mol. The Kier molecular flexibility index (Phi) is 5.04. The number of hydrogen-bond donors (Lipinski definition) is 1. The minimum absolute atomic E-state index is 0.229. The molecule has 4 heteroatoms. The van der Waals surface area contributed by atoms with Gasteiger partial charge in [-0.15, -0.1) is 6.58 Å². The summed E-state index contributed by atoms with van der Waals surface area (Å²) in [5, 5.41) is 9.60. The molecule has 0 atom stereocenters. The number of aromatic carboxylic acids is 1. The summed E-state index contributed by atoms with van der Waals surface area (Å²) in [6.07, 6.45) is 2.70. The summed E-state index contributed by atoms with van der Waals surface area (Å²) in [6.45, 7) is 7.14. The van der Waals surface area contributed by atoms with Crippen LogP contribution in [-0.4, -0.2) is 24.2 Å². The van der Waals surface area contributed by atoms with Crippen molar-refractivity contribution in [3.63, 3.8) is 0 Å². The van der Waals surface area contributed by atoms with Crippen LogP contribution in [0.2, 0.25) is 5.02 Å². The van der Waals surface area contributed by atoms with Crippen LogP contribution < -0.4 is 4.90 Å². The van der Waals surface area contributed by atoms with Crippen LogP contribution in [0.15, 0.2) is 30.9 Å². The van der Waals surface area contributed by atoms with Crippen molar-refractivity contribution in [2.75, 3.05) is 18.0 Å². The Bertz CT molecular complexity index is 418. The second-order valence-electron chi connectivity index (χ2n) is 3.70. The molecule has 3 nitrogen and oxygen atoms in total. The minimum Gasteiger partial charge on any atom is -0.478 e. The molecule has 0 heterocycles. The van der Waals surface area contributed by atoms with Gasteiger partial charge in [-0.25, -0.2) is 4.79 Å². The molecule has 0 amide bonds. The van der Waals surface area contributed by atoms with Gasteiger partial charge in [0.15, 0.2) is 0 Å². The van der Waals surface area contributed by atoms with Crippen LogP contribution in [0, 0.1) is 0 Å². The predicted octanol–water partition coefficient (Wildman–Crippen LogP) is 3.44. The lowest BCUT2D eigenvalue weighted by Crippen LogP contribution is -2.26. The third-order valence-corrected chi connectivity index (χ3v) is 2.61. The van der Waals surface area contributed by atoms with Crippen molar-refractivity contribution in [2.45, 2.75) is 13.3 Å². The second-order valence-corrected chi connectivity index (χ2v) is 4.14. The highest BCUT2D eigenvalue weighted by atomic mass is 35.5. The monoisotopic (exact) mass is 253 g/mol. The topological polar surface area (TPSA) is 40.5 Å². The van der Waals surface area contributed by atoms with Crippen LogP contribution in [0.1, 0.15) is 23.7 Å². The molecule has 92 valence electrons. The van der Waals surface area contributed by atoms with Crippen LogP contribution in [-0.2, 0) is 0 Å². The number of carbonyl (C=O) groups is 1. The molecule has 0 aromatic heterocycles. The number of carboxylic acids is 1. The van der Waals surface area contributed by atoms with Gasteiger partial charge >= 0.3 is 5.97 Å². The molecule has 0 bridgehead atoms. The summed E-state index contributed by atoms with van der Waals surface area (Å²) >= 11 is 5.82. The normalized spacial score (nSPS) is 10.0. The fourth-order valence-electron chi connectivity index (χ4n) is 1.69. The van der Waals surface area contributed by atoms with Gasteiger partial charge < -0.3 is 10.0 Å². The number of hydrogen-bond acceptors (Lipinski definition) is 2.